The zero-order valence-electron chi connectivity index (χ0n) is 12.9. The lowest BCUT2D eigenvalue weighted by atomic mass is 9.99. The molecule has 23 heavy (non-hydrogen) atoms. The maximum absolute atomic E-state index is 12.5. The van der Waals surface area contributed by atoms with Gasteiger partial charge in [0, 0.05) is 7.05 Å². The Morgan fingerprint density at radius 1 is 1.43 bits per heavy atom. The number of carbonyl (C=O) groups excluding carboxylic acids is 1. The number of ether oxygens (including phenoxy) is 1. The molecular weight excluding hydrogens is 326 g/mol. The van der Waals surface area contributed by atoms with E-state index in [0.717, 1.165) is 30.8 Å². The number of methoxy groups -OCH3 is 1. The monoisotopic (exact) mass is 345 g/mol. The summed E-state index contributed by atoms with van der Waals surface area (Å²) < 4.78 is 32.9. The van der Waals surface area contributed by atoms with Crippen LogP contribution in [-0.4, -0.2) is 48.4 Å². The van der Waals surface area contributed by atoms with Crippen LogP contribution in [0.25, 0.3) is 0 Å². The average Bonchev–Trinajstić information content (AvgIpc) is 3.13. The second-order valence-corrected chi connectivity index (χ2v) is 7.14. The summed E-state index contributed by atoms with van der Waals surface area (Å²) in [6, 6.07) is -1.23. The highest BCUT2D eigenvalue weighted by Crippen LogP contribution is 2.29. The van der Waals surface area contributed by atoms with Crippen LogP contribution in [0.15, 0.2) is 11.1 Å². The van der Waals surface area contributed by atoms with E-state index >= 15 is 0 Å². The largest absolute Gasteiger partial charge is 0.480 e. The van der Waals surface area contributed by atoms with Crippen molar-refractivity contribution in [1.82, 2.24) is 14.5 Å². The van der Waals surface area contributed by atoms with Crippen LogP contribution in [0.4, 0.5) is 0 Å². The molecule has 0 aromatic carbocycles. The average molecular weight is 345 g/mol. The molecule has 1 aliphatic carbocycles. The minimum absolute atomic E-state index is 0.254. The van der Waals surface area contributed by atoms with Crippen molar-refractivity contribution in [2.24, 2.45) is 13.0 Å². The first-order valence-electron chi connectivity index (χ1n) is 7.13. The molecular formula is C13H19N3O6S. The Bertz CT molecular complexity index is 705. The number of hydrogen-bond acceptors (Lipinski definition) is 6. The van der Waals surface area contributed by atoms with Gasteiger partial charge in [0.05, 0.1) is 13.3 Å². The van der Waals surface area contributed by atoms with E-state index in [1.54, 1.807) is 0 Å². The van der Waals surface area contributed by atoms with Gasteiger partial charge in [0.15, 0.2) is 5.69 Å². The first-order chi connectivity index (χ1) is 10.8. The number of carbonyl (C=O) groups is 2. The van der Waals surface area contributed by atoms with Crippen molar-refractivity contribution in [2.45, 2.75) is 36.6 Å². The van der Waals surface area contributed by atoms with E-state index in [4.69, 9.17) is 0 Å². The predicted octanol–water partition coefficient (Wildman–Crippen LogP) is 0.128. The molecule has 1 atom stereocenters. The lowest BCUT2D eigenvalue weighted by molar-refractivity contribution is -0.140. The standard InChI is InChI=1S/C13H19N3O6S/c1-16-11(13(19)22-2)9(7-14-16)23(20,21)15-10(12(17)18)8-5-3-4-6-8/h7-8,10,15H,3-6H2,1-2H3,(H,17,18). The van der Waals surface area contributed by atoms with Crippen LogP contribution in [0.5, 0.6) is 0 Å². The molecule has 1 unspecified atom stereocenters. The number of carboxylic acid groups (broad SMARTS) is 1. The zero-order valence-corrected chi connectivity index (χ0v) is 13.7. The van der Waals surface area contributed by atoms with Crippen LogP contribution in [0, 0.1) is 5.92 Å². The molecule has 1 heterocycles. The van der Waals surface area contributed by atoms with Crippen LogP contribution >= 0.6 is 0 Å². The van der Waals surface area contributed by atoms with Crippen molar-refractivity contribution in [3.05, 3.63) is 11.9 Å². The maximum atomic E-state index is 12.5. The number of sulfonamides is 1. The molecule has 1 fully saturated rings. The minimum Gasteiger partial charge on any atom is -0.480 e. The summed E-state index contributed by atoms with van der Waals surface area (Å²) in [6.45, 7) is 0. The second kappa shape index (κ2) is 6.67. The third-order valence-electron chi connectivity index (χ3n) is 3.99. The fourth-order valence-electron chi connectivity index (χ4n) is 2.81. The van der Waals surface area contributed by atoms with Gasteiger partial charge < -0.3 is 9.84 Å². The van der Waals surface area contributed by atoms with Crippen molar-refractivity contribution in [3.8, 4) is 0 Å². The van der Waals surface area contributed by atoms with Crippen LogP contribution in [0.1, 0.15) is 36.2 Å². The van der Waals surface area contributed by atoms with Gasteiger partial charge in [-0.05, 0) is 18.8 Å². The van der Waals surface area contributed by atoms with Gasteiger partial charge in [0.2, 0.25) is 10.0 Å². The molecule has 1 aliphatic rings. The summed E-state index contributed by atoms with van der Waals surface area (Å²) in [5, 5.41) is 13.1. The quantitative estimate of drug-likeness (QED) is 0.701. The normalized spacial score (nSPS) is 17.1. The van der Waals surface area contributed by atoms with Crippen LogP contribution in [0.3, 0.4) is 0 Å². The fourth-order valence-corrected chi connectivity index (χ4v) is 4.22. The second-order valence-electron chi connectivity index (χ2n) is 5.45. The molecule has 1 aromatic heterocycles. The number of aliphatic carboxylic acids is 1. The first-order valence-corrected chi connectivity index (χ1v) is 8.61. The molecule has 0 bridgehead atoms. The van der Waals surface area contributed by atoms with Crippen LogP contribution in [0.2, 0.25) is 0 Å². The Hall–Kier alpha value is -1.94. The van der Waals surface area contributed by atoms with E-state index in [-0.39, 0.29) is 11.6 Å². The van der Waals surface area contributed by atoms with Crippen molar-refractivity contribution in [2.75, 3.05) is 7.11 Å². The smallest absolute Gasteiger partial charge is 0.357 e. The first kappa shape index (κ1) is 17.4. The lowest BCUT2D eigenvalue weighted by Gasteiger charge is -2.20. The van der Waals surface area contributed by atoms with E-state index in [1.807, 2.05) is 0 Å². The van der Waals surface area contributed by atoms with Gasteiger partial charge in [-0.2, -0.15) is 9.82 Å². The van der Waals surface area contributed by atoms with Gasteiger partial charge >= 0.3 is 11.9 Å². The maximum Gasteiger partial charge on any atom is 0.357 e. The number of hydrogen-bond donors (Lipinski definition) is 2. The van der Waals surface area contributed by atoms with Gasteiger partial charge in [0.25, 0.3) is 0 Å². The highest BCUT2D eigenvalue weighted by atomic mass is 32.2. The van der Waals surface area contributed by atoms with Crippen LogP contribution < -0.4 is 4.72 Å². The highest BCUT2D eigenvalue weighted by molar-refractivity contribution is 7.89. The summed E-state index contributed by atoms with van der Waals surface area (Å²) in [5.41, 5.74) is -0.254. The van der Waals surface area contributed by atoms with E-state index in [2.05, 4.69) is 14.6 Å². The summed E-state index contributed by atoms with van der Waals surface area (Å²) in [6.07, 6.45) is 4.04. The summed E-state index contributed by atoms with van der Waals surface area (Å²) in [7, 11) is -1.70. The van der Waals surface area contributed by atoms with Crippen LogP contribution in [-0.2, 0) is 26.6 Å². The molecule has 1 aromatic rings. The third-order valence-corrected chi connectivity index (χ3v) is 5.43. The molecule has 2 N–H and O–H groups in total. The fraction of sp³-hybridized carbons (Fsp3) is 0.615. The number of nitrogens with zero attached hydrogens (tertiary/aromatic N) is 2. The van der Waals surface area contributed by atoms with Gasteiger partial charge in [-0.25, -0.2) is 13.2 Å². The molecule has 1 saturated carbocycles. The van der Waals surface area contributed by atoms with Gasteiger partial charge in [-0.15, -0.1) is 0 Å². The molecule has 9 nitrogen and oxygen atoms in total. The number of aryl methyl sites for hydroxylation is 1. The molecule has 128 valence electrons. The minimum atomic E-state index is -4.22. The van der Waals surface area contributed by atoms with Crippen molar-refractivity contribution < 1.29 is 27.9 Å². The highest BCUT2D eigenvalue weighted by Gasteiger charge is 2.36. The predicted molar refractivity (Wildman–Crippen MR) is 78.3 cm³/mol. The van der Waals surface area contributed by atoms with Gasteiger partial charge in [-0.1, -0.05) is 12.8 Å². The molecule has 0 spiro atoms. The number of carboxylic acids is 1. The van der Waals surface area contributed by atoms with E-state index in [1.165, 1.54) is 7.05 Å². The Balaban J connectivity index is 2.34. The molecule has 10 heteroatoms. The van der Waals surface area contributed by atoms with E-state index < -0.39 is 32.9 Å². The van der Waals surface area contributed by atoms with Crippen molar-refractivity contribution >= 4 is 22.0 Å². The lowest BCUT2D eigenvalue weighted by Crippen LogP contribution is -2.45. The summed E-state index contributed by atoms with van der Waals surface area (Å²) >= 11 is 0. The SMILES string of the molecule is COC(=O)c1c(S(=O)(=O)NC(C(=O)O)C2CCCC2)cnn1C. The number of nitrogens with one attached hydrogen (secondary N) is 1. The Kier molecular flexibility index (Phi) is 5.05. The Morgan fingerprint density at radius 2 is 2.04 bits per heavy atom. The number of aromatic nitrogens is 2. The van der Waals surface area contributed by atoms with E-state index in [0.29, 0.717) is 12.8 Å². The number of rotatable bonds is 6. The summed E-state index contributed by atoms with van der Waals surface area (Å²) in [4.78, 5) is 22.8. The van der Waals surface area contributed by atoms with E-state index in [9.17, 15) is 23.1 Å². The molecule has 0 saturated heterocycles. The third kappa shape index (κ3) is 3.53. The Labute approximate surface area is 133 Å². The van der Waals surface area contributed by atoms with Crippen molar-refractivity contribution in [3.63, 3.8) is 0 Å². The topological polar surface area (TPSA) is 128 Å². The number of esters is 1. The van der Waals surface area contributed by atoms with Gasteiger partial charge in [-0.3, -0.25) is 9.48 Å². The molecule has 0 amide bonds. The van der Waals surface area contributed by atoms with Gasteiger partial charge in [0.1, 0.15) is 10.9 Å². The zero-order chi connectivity index (χ0) is 17.2. The molecule has 0 aliphatic heterocycles. The Morgan fingerprint density at radius 3 is 2.57 bits per heavy atom. The molecule has 2 rings (SSSR count). The van der Waals surface area contributed by atoms with Crippen molar-refractivity contribution in [1.29, 1.82) is 0 Å². The summed E-state index contributed by atoms with van der Waals surface area (Å²) in [5.74, 6) is -2.36. The molecule has 0 radical (unpaired) electrons.